The third-order valence-corrected chi connectivity index (χ3v) is 3.42. The van der Waals surface area contributed by atoms with E-state index in [1.807, 2.05) is 25.5 Å². The highest BCUT2D eigenvalue weighted by atomic mass is 16.6. The molecule has 20 heavy (non-hydrogen) atoms. The average molecular weight is 273 g/mol. The number of nitrogens with one attached hydrogen (secondary N) is 1. The Kier molecular flexibility index (Phi) is 3.50. The van der Waals surface area contributed by atoms with E-state index in [1.165, 1.54) is 5.56 Å². The summed E-state index contributed by atoms with van der Waals surface area (Å²) in [6.45, 7) is 3.39. The van der Waals surface area contributed by atoms with Gasteiger partial charge in [0.2, 0.25) is 0 Å². The fraction of sp³-hybridized carbons (Fsp3) is 0.400. The Morgan fingerprint density at radius 2 is 2.10 bits per heavy atom. The van der Waals surface area contributed by atoms with Gasteiger partial charge in [-0.15, -0.1) is 0 Å². The largest absolute Gasteiger partial charge is 0.486 e. The van der Waals surface area contributed by atoms with Crippen LogP contribution in [0.2, 0.25) is 0 Å². The van der Waals surface area contributed by atoms with E-state index in [4.69, 9.17) is 9.47 Å². The molecule has 0 aliphatic carbocycles. The minimum Gasteiger partial charge on any atom is -0.486 e. The summed E-state index contributed by atoms with van der Waals surface area (Å²) in [7, 11) is 1.91. The van der Waals surface area contributed by atoms with Crippen molar-refractivity contribution in [2.24, 2.45) is 7.05 Å². The standard InChI is InChI=1S/C15H19N3O2/c1-3-13(17-12-9-16-18(2)10-12)11-4-5-14-15(8-11)20-7-6-19-14/h4-5,8-10,13,17H,3,6-7H2,1-2H3. The van der Waals surface area contributed by atoms with Gasteiger partial charge in [0.05, 0.1) is 17.9 Å². The van der Waals surface area contributed by atoms with Crippen LogP contribution in [0, 0.1) is 0 Å². The van der Waals surface area contributed by atoms with Crippen molar-refractivity contribution in [3.8, 4) is 11.5 Å². The molecule has 0 bridgehead atoms. The smallest absolute Gasteiger partial charge is 0.161 e. The first-order valence-corrected chi connectivity index (χ1v) is 6.91. The molecule has 106 valence electrons. The van der Waals surface area contributed by atoms with Crippen molar-refractivity contribution in [3.05, 3.63) is 36.2 Å². The van der Waals surface area contributed by atoms with Gasteiger partial charge in [0, 0.05) is 13.2 Å². The number of hydrogen-bond donors (Lipinski definition) is 1. The molecule has 0 saturated carbocycles. The van der Waals surface area contributed by atoms with E-state index >= 15 is 0 Å². The molecule has 1 aromatic heterocycles. The van der Waals surface area contributed by atoms with E-state index in [-0.39, 0.29) is 6.04 Å². The lowest BCUT2D eigenvalue weighted by molar-refractivity contribution is 0.171. The zero-order chi connectivity index (χ0) is 13.9. The maximum absolute atomic E-state index is 5.64. The van der Waals surface area contributed by atoms with Crippen LogP contribution in [0.1, 0.15) is 24.9 Å². The highest BCUT2D eigenvalue weighted by Gasteiger charge is 2.16. The highest BCUT2D eigenvalue weighted by molar-refractivity contribution is 5.47. The van der Waals surface area contributed by atoms with Crippen molar-refractivity contribution < 1.29 is 9.47 Å². The minimum absolute atomic E-state index is 0.232. The third kappa shape index (κ3) is 2.57. The average Bonchev–Trinajstić information content (AvgIpc) is 2.89. The number of anilines is 1. The van der Waals surface area contributed by atoms with E-state index in [1.54, 1.807) is 4.68 Å². The Morgan fingerprint density at radius 3 is 2.80 bits per heavy atom. The van der Waals surface area contributed by atoms with E-state index in [2.05, 4.69) is 29.5 Å². The van der Waals surface area contributed by atoms with Crippen LogP contribution >= 0.6 is 0 Å². The normalized spacial score (nSPS) is 14.9. The summed E-state index contributed by atoms with van der Waals surface area (Å²) in [5.74, 6) is 1.66. The second-order valence-electron chi connectivity index (χ2n) is 4.91. The number of ether oxygens (including phenoxy) is 2. The minimum atomic E-state index is 0.232. The molecule has 1 aliphatic rings. The number of benzene rings is 1. The second-order valence-corrected chi connectivity index (χ2v) is 4.91. The number of fused-ring (bicyclic) bond motifs is 1. The highest BCUT2D eigenvalue weighted by Crippen LogP contribution is 2.34. The van der Waals surface area contributed by atoms with E-state index in [9.17, 15) is 0 Å². The molecule has 0 saturated heterocycles. The molecule has 0 radical (unpaired) electrons. The van der Waals surface area contributed by atoms with E-state index in [0.29, 0.717) is 13.2 Å². The zero-order valence-electron chi connectivity index (χ0n) is 11.8. The van der Waals surface area contributed by atoms with Crippen LogP contribution in [0.15, 0.2) is 30.6 Å². The SMILES string of the molecule is CCC(Nc1cnn(C)c1)c1ccc2c(c1)OCCO2. The lowest BCUT2D eigenvalue weighted by Crippen LogP contribution is -2.16. The first-order valence-electron chi connectivity index (χ1n) is 6.91. The Hall–Kier alpha value is -2.17. The van der Waals surface area contributed by atoms with Gasteiger partial charge < -0.3 is 14.8 Å². The van der Waals surface area contributed by atoms with Crippen LogP contribution in [0.25, 0.3) is 0 Å². The molecule has 3 rings (SSSR count). The number of nitrogens with zero attached hydrogens (tertiary/aromatic N) is 2. The monoisotopic (exact) mass is 273 g/mol. The van der Waals surface area contributed by atoms with Gasteiger partial charge in [-0.25, -0.2) is 0 Å². The quantitative estimate of drug-likeness (QED) is 0.930. The molecule has 0 spiro atoms. The molecule has 2 heterocycles. The molecule has 1 unspecified atom stereocenters. The van der Waals surface area contributed by atoms with Gasteiger partial charge in [-0.05, 0) is 24.1 Å². The van der Waals surface area contributed by atoms with Crippen LogP contribution in [0.3, 0.4) is 0 Å². The summed E-state index contributed by atoms with van der Waals surface area (Å²) in [5.41, 5.74) is 2.22. The molecule has 0 amide bonds. The van der Waals surface area contributed by atoms with Crippen molar-refractivity contribution in [1.29, 1.82) is 0 Å². The Labute approximate surface area is 118 Å². The number of hydrogen-bond acceptors (Lipinski definition) is 4. The lowest BCUT2D eigenvalue weighted by Gasteiger charge is -2.22. The van der Waals surface area contributed by atoms with Gasteiger partial charge in [0.15, 0.2) is 11.5 Å². The fourth-order valence-corrected chi connectivity index (χ4v) is 2.39. The van der Waals surface area contributed by atoms with Crippen molar-refractivity contribution in [2.75, 3.05) is 18.5 Å². The maximum Gasteiger partial charge on any atom is 0.161 e. The molecule has 5 heteroatoms. The van der Waals surface area contributed by atoms with Crippen LogP contribution in [0.4, 0.5) is 5.69 Å². The zero-order valence-corrected chi connectivity index (χ0v) is 11.8. The van der Waals surface area contributed by atoms with Gasteiger partial charge in [-0.1, -0.05) is 13.0 Å². The second kappa shape index (κ2) is 5.45. The first-order chi connectivity index (χ1) is 9.76. The van der Waals surface area contributed by atoms with Crippen molar-refractivity contribution in [3.63, 3.8) is 0 Å². The molecule has 1 aromatic carbocycles. The van der Waals surface area contributed by atoms with Crippen LogP contribution in [0.5, 0.6) is 11.5 Å². The third-order valence-electron chi connectivity index (χ3n) is 3.42. The van der Waals surface area contributed by atoms with Crippen LogP contribution in [-0.4, -0.2) is 23.0 Å². The summed E-state index contributed by atoms with van der Waals surface area (Å²) >= 11 is 0. The molecular weight excluding hydrogens is 254 g/mol. The molecule has 5 nitrogen and oxygen atoms in total. The summed E-state index contributed by atoms with van der Waals surface area (Å²) in [6.07, 6.45) is 4.79. The first kappa shape index (κ1) is 12.8. The Balaban J connectivity index is 1.81. The van der Waals surface area contributed by atoms with Gasteiger partial charge in [-0.2, -0.15) is 5.10 Å². The van der Waals surface area contributed by atoms with E-state index in [0.717, 1.165) is 23.6 Å². The predicted molar refractivity (Wildman–Crippen MR) is 77.3 cm³/mol. The fourth-order valence-electron chi connectivity index (χ4n) is 2.39. The van der Waals surface area contributed by atoms with Crippen LogP contribution < -0.4 is 14.8 Å². The molecular formula is C15H19N3O2. The van der Waals surface area contributed by atoms with Crippen molar-refractivity contribution >= 4 is 5.69 Å². The lowest BCUT2D eigenvalue weighted by atomic mass is 10.0. The predicted octanol–water partition coefficient (Wildman–Crippen LogP) is 2.75. The Morgan fingerprint density at radius 1 is 1.30 bits per heavy atom. The number of rotatable bonds is 4. The summed E-state index contributed by atoms with van der Waals surface area (Å²) in [6, 6.07) is 6.36. The number of aryl methyl sites for hydroxylation is 1. The van der Waals surface area contributed by atoms with Gasteiger partial charge in [-0.3, -0.25) is 4.68 Å². The van der Waals surface area contributed by atoms with E-state index < -0.39 is 0 Å². The molecule has 2 aromatic rings. The Bertz CT molecular complexity index is 595. The molecule has 0 fully saturated rings. The molecule has 1 aliphatic heterocycles. The van der Waals surface area contributed by atoms with Crippen molar-refractivity contribution in [2.45, 2.75) is 19.4 Å². The maximum atomic E-state index is 5.64. The molecule has 1 N–H and O–H groups in total. The summed E-state index contributed by atoms with van der Waals surface area (Å²) in [5, 5.41) is 7.67. The van der Waals surface area contributed by atoms with Gasteiger partial charge in [0.25, 0.3) is 0 Å². The van der Waals surface area contributed by atoms with Crippen molar-refractivity contribution in [1.82, 2.24) is 9.78 Å². The number of aromatic nitrogens is 2. The summed E-state index contributed by atoms with van der Waals surface area (Å²) < 4.78 is 13.0. The van der Waals surface area contributed by atoms with Gasteiger partial charge in [0.1, 0.15) is 13.2 Å². The summed E-state index contributed by atoms with van der Waals surface area (Å²) in [4.78, 5) is 0. The topological polar surface area (TPSA) is 48.3 Å². The van der Waals surface area contributed by atoms with Crippen LogP contribution in [-0.2, 0) is 7.05 Å². The van der Waals surface area contributed by atoms with Gasteiger partial charge >= 0.3 is 0 Å². The molecule has 1 atom stereocenters.